The molecule has 0 aliphatic carbocycles. The Bertz CT molecular complexity index is 257. The van der Waals surface area contributed by atoms with Gasteiger partial charge in [0.15, 0.2) is 0 Å². The van der Waals surface area contributed by atoms with Crippen molar-refractivity contribution in [2.45, 2.75) is 40.3 Å². The Morgan fingerprint density at radius 3 is 2.46 bits per heavy atom. The fraction of sp³-hybridized carbons (Fsp3) is 0.778. The van der Waals surface area contributed by atoms with E-state index in [1.54, 1.807) is 11.3 Å². The zero-order valence-electron chi connectivity index (χ0n) is 8.66. The Labute approximate surface area is 83.6 Å². The van der Waals surface area contributed by atoms with Crippen LogP contribution in [0.5, 0.6) is 0 Å². The van der Waals surface area contributed by atoms with Crippen LogP contribution in [0.3, 0.4) is 0 Å². The third-order valence-corrected chi connectivity index (χ3v) is 2.98. The summed E-state index contributed by atoms with van der Waals surface area (Å²) in [5, 5.41) is 13.6. The van der Waals surface area contributed by atoms with Gasteiger partial charge in [-0.15, -0.1) is 21.5 Å². The monoisotopic (exact) mass is 199 g/mol. The normalized spacial score (nSPS) is 13.6. The minimum absolute atomic E-state index is 0.532. The second-order valence-electron chi connectivity index (χ2n) is 3.63. The van der Waals surface area contributed by atoms with Crippen LogP contribution in [0.15, 0.2) is 0 Å². The van der Waals surface area contributed by atoms with E-state index in [1.165, 1.54) is 0 Å². The molecule has 1 rings (SSSR count). The Morgan fingerprint density at radius 2 is 2.00 bits per heavy atom. The van der Waals surface area contributed by atoms with Crippen LogP contribution in [0, 0.1) is 12.8 Å². The molecule has 74 valence electrons. The maximum Gasteiger partial charge on any atom is 0.131 e. The Kier molecular flexibility index (Phi) is 3.81. The molecule has 0 amide bonds. The van der Waals surface area contributed by atoms with Gasteiger partial charge in [0, 0.05) is 12.6 Å². The van der Waals surface area contributed by atoms with Gasteiger partial charge in [-0.2, -0.15) is 0 Å². The third-order valence-electron chi connectivity index (χ3n) is 2.14. The summed E-state index contributed by atoms with van der Waals surface area (Å²) in [5.41, 5.74) is 0. The highest BCUT2D eigenvalue weighted by Crippen LogP contribution is 2.08. The average molecular weight is 199 g/mol. The third kappa shape index (κ3) is 3.40. The first kappa shape index (κ1) is 10.6. The van der Waals surface area contributed by atoms with E-state index in [-0.39, 0.29) is 0 Å². The van der Waals surface area contributed by atoms with Gasteiger partial charge < -0.3 is 5.32 Å². The number of rotatable bonds is 4. The van der Waals surface area contributed by atoms with Crippen LogP contribution in [0.1, 0.15) is 30.8 Å². The molecule has 0 aromatic carbocycles. The number of hydrogen-bond acceptors (Lipinski definition) is 4. The van der Waals surface area contributed by atoms with Crippen LogP contribution < -0.4 is 5.32 Å². The molecule has 1 heterocycles. The van der Waals surface area contributed by atoms with Crippen molar-refractivity contribution in [3.63, 3.8) is 0 Å². The van der Waals surface area contributed by atoms with Crippen molar-refractivity contribution in [2.75, 3.05) is 0 Å². The van der Waals surface area contributed by atoms with Crippen molar-refractivity contribution < 1.29 is 0 Å². The second kappa shape index (κ2) is 4.67. The zero-order chi connectivity index (χ0) is 9.84. The summed E-state index contributed by atoms with van der Waals surface area (Å²) < 4.78 is 0. The number of aromatic nitrogens is 2. The molecule has 0 spiro atoms. The Morgan fingerprint density at radius 1 is 1.31 bits per heavy atom. The van der Waals surface area contributed by atoms with Gasteiger partial charge in [0.2, 0.25) is 0 Å². The molecule has 0 saturated heterocycles. The molecule has 0 saturated carbocycles. The molecule has 0 aliphatic heterocycles. The summed E-state index contributed by atoms with van der Waals surface area (Å²) in [6.07, 6.45) is 0. The lowest BCUT2D eigenvalue weighted by molar-refractivity contribution is 0.425. The summed E-state index contributed by atoms with van der Waals surface area (Å²) in [4.78, 5) is 0. The van der Waals surface area contributed by atoms with Gasteiger partial charge in [-0.3, -0.25) is 0 Å². The van der Waals surface area contributed by atoms with E-state index in [2.05, 4.69) is 36.3 Å². The maximum atomic E-state index is 4.05. The molecule has 1 atom stereocenters. The molecular formula is C9H17N3S. The predicted molar refractivity (Wildman–Crippen MR) is 55.8 cm³/mol. The molecule has 13 heavy (non-hydrogen) atoms. The number of hydrogen-bond donors (Lipinski definition) is 1. The van der Waals surface area contributed by atoms with Crippen LogP contribution in [0.25, 0.3) is 0 Å². The SMILES string of the molecule is Cc1nnc(CNC(C)C(C)C)s1. The molecule has 1 aromatic rings. The summed E-state index contributed by atoms with van der Waals surface area (Å²) in [6.45, 7) is 9.43. The fourth-order valence-corrected chi connectivity index (χ4v) is 1.55. The summed E-state index contributed by atoms with van der Waals surface area (Å²) in [6, 6.07) is 0.532. The smallest absolute Gasteiger partial charge is 0.131 e. The average Bonchev–Trinajstić information content (AvgIpc) is 2.47. The van der Waals surface area contributed by atoms with Gasteiger partial charge in [0.1, 0.15) is 10.0 Å². The molecule has 0 bridgehead atoms. The molecule has 1 N–H and O–H groups in total. The van der Waals surface area contributed by atoms with E-state index in [0.29, 0.717) is 12.0 Å². The lowest BCUT2D eigenvalue weighted by Gasteiger charge is -2.15. The lowest BCUT2D eigenvalue weighted by Crippen LogP contribution is -2.30. The van der Waals surface area contributed by atoms with Gasteiger partial charge in [0.25, 0.3) is 0 Å². The van der Waals surface area contributed by atoms with Crippen molar-refractivity contribution in [1.82, 2.24) is 15.5 Å². The van der Waals surface area contributed by atoms with E-state index in [9.17, 15) is 0 Å². The lowest BCUT2D eigenvalue weighted by atomic mass is 10.1. The molecule has 0 aliphatic rings. The van der Waals surface area contributed by atoms with Crippen LogP contribution in [0.4, 0.5) is 0 Å². The fourth-order valence-electron chi connectivity index (χ4n) is 0.893. The minimum Gasteiger partial charge on any atom is -0.308 e. The first-order chi connectivity index (χ1) is 6.09. The van der Waals surface area contributed by atoms with E-state index >= 15 is 0 Å². The molecule has 0 radical (unpaired) electrons. The Hall–Kier alpha value is -0.480. The highest BCUT2D eigenvalue weighted by atomic mass is 32.1. The van der Waals surface area contributed by atoms with E-state index in [0.717, 1.165) is 16.6 Å². The van der Waals surface area contributed by atoms with Gasteiger partial charge in [-0.05, 0) is 19.8 Å². The van der Waals surface area contributed by atoms with Gasteiger partial charge in [0.05, 0.1) is 0 Å². The van der Waals surface area contributed by atoms with Crippen molar-refractivity contribution in [3.8, 4) is 0 Å². The van der Waals surface area contributed by atoms with Crippen molar-refractivity contribution in [3.05, 3.63) is 10.0 Å². The first-order valence-corrected chi connectivity index (χ1v) is 5.43. The van der Waals surface area contributed by atoms with Crippen LogP contribution in [-0.2, 0) is 6.54 Å². The summed E-state index contributed by atoms with van der Waals surface area (Å²) in [5.74, 6) is 0.661. The van der Waals surface area contributed by atoms with Crippen LogP contribution in [0.2, 0.25) is 0 Å². The first-order valence-electron chi connectivity index (χ1n) is 4.62. The van der Waals surface area contributed by atoms with Gasteiger partial charge >= 0.3 is 0 Å². The van der Waals surface area contributed by atoms with E-state index < -0.39 is 0 Å². The topological polar surface area (TPSA) is 37.8 Å². The highest BCUT2D eigenvalue weighted by molar-refractivity contribution is 7.11. The summed E-state index contributed by atoms with van der Waals surface area (Å²) >= 11 is 1.66. The Balaban J connectivity index is 2.35. The second-order valence-corrected chi connectivity index (χ2v) is 4.89. The van der Waals surface area contributed by atoms with E-state index in [1.807, 2.05) is 6.92 Å². The molecule has 0 fully saturated rings. The largest absolute Gasteiger partial charge is 0.308 e. The number of nitrogens with one attached hydrogen (secondary N) is 1. The predicted octanol–water partition coefficient (Wildman–Crippen LogP) is 1.98. The molecule has 1 unspecified atom stereocenters. The van der Waals surface area contributed by atoms with Gasteiger partial charge in [-0.25, -0.2) is 0 Å². The standard InChI is InChI=1S/C9H17N3S/c1-6(2)7(3)10-5-9-12-11-8(4)13-9/h6-7,10H,5H2,1-4H3. The van der Waals surface area contributed by atoms with Crippen molar-refractivity contribution >= 4 is 11.3 Å². The molecule has 3 nitrogen and oxygen atoms in total. The molecular weight excluding hydrogens is 182 g/mol. The molecule has 4 heteroatoms. The summed E-state index contributed by atoms with van der Waals surface area (Å²) in [7, 11) is 0. The highest BCUT2D eigenvalue weighted by Gasteiger charge is 2.07. The van der Waals surface area contributed by atoms with Crippen molar-refractivity contribution in [1.29, 1.82) is 0 Å². The number of aryl methyl sites for hydroxylation is 1. The van der Waals surface area contributed by atoms with E-state index in [4.69, 9.17) is 0 Å². The minimum atomic E-state index is 0.532. The number of nitrogens with zero attached hydrogens (tertiary/aromatic N) is 2. The van der Waals surface area contributed by atoms with Crippen LogP contribution >= 0.6 is 11.3 Å². The quantitative estimate of drug-likeness (QED) is 0.805. The zero-order valence-corrected chi connectivity index (χ0v) is 9.48. The maximum absolute atomic E-state index is 4.05. The molecule has 1 aromatic heterocycles. The van der Waals surface area contributed by atoms with Crippen LogP contribution in [-0.4, -0.2) is 16.2 Å². The van der Waals surface area contributed by atoms with Gasteiger partial charge in [-0.1, -0.05) is 13.8 Å². The van der Waals surface area contributed by atoms with Crippen molar-refractivity contribution in [2.24, 2.45) is 5.92 Å².